The van der Waals surface area contributed by atoms with Crippen LogP contribution >= 0.6 is 23.2 Å². The van der Waals surface area contributed by atoms with Gasteiger partial charge in [-0.1, -0.05) is 23.2 Å². The third-order valence-electron chi connectivity index (χ3n) is 2.46. The fourth-order valence-corrected chi connectivity index (χ4v) is 2.21. The SMILES string of the molecule is Cn1cccc1[C@H](O)c1cc(Cl)cc(Cl)c1. The van der Waals surface area contributed by atoms with Crippen LogP contribution in [-0.2, 0) is 7.05 Å². The molecule has 0 saturated carbocycles. The van der Waals surface area contributed by atoms with Gasteiger partial charge in [-0.25, -0.2) is 0 Å². The first-order valence-corrected chi connectivity index (χ1v) is 5.59. The van der Waals surface area contributed by atoms with Crippen LogP contribution in [0, 0.1) is 0 Å². The average Bonchev–Trinajstić information content (AvgIpc) is 2.62. The molecule has 16 heavy (non-hydrogen) atoms. The highest BCUT2D eigenvalue weighted by Gasteiger charge is 2.14. The van der Waals surface area contributed by atoms with Crippen molar-refractivity contribution in [1.82, 2.24) is 4.57 Å². The lowest BCUT2D eigenvalue weighted by atomic mass is 10.1. The molecule has 4 heteroatoms. The predicted octanol–water partition coefficient (Wildman–Crippen LogP) is 3.41. The molecule has 1 N–H and O–H groups in total. The highest BCUT2D eigenvalue weighted by molar-refractivity contribution is 6.34. The van der Waals surface area contributed by atoms with Crippen molar-refractivity contribution in [3.8, 4) is 0 Å². The summed E-state index contributed by atoms with van der Waals surface area (Å²) in [6, 6.07) is 8.81. The van der Waals surface area contributed by atoms with Crippen molar-refractivity contribution in [1.29, 1.82) is 0 Å². The molecule has 0 aliphatic heterocycles. The van der Waals surface area contributed by atoms with E-state index in [0.717, 1.165) is 5.69 Å². The molecular formula is C12H11Cl2NO. The maximum Gasteiger partial charge on any atom is 0.119 e. The van der Waals surface area contributed by atoms with Gasteiger partial charge < -0.3 is 9.67 Å². The molecule has 0 spiro atoms. The van der Waals surface area contributed by atoms with E-state index in [9.17, 15) is 5.11 Å². The van der Waals surface area contributed by atoms with Crippen LogP contribution in [0.1, 0.15) is 17.4 Å². The van der Waals surface area contributed by atoms with Gasteiger partial charge in [0.2, 0.25) is 0 Å². The molecule has 1 atom stereocenters. The van der Waals surface area contributed by atoms with Gasteiger partial charge >= 0.3 is 0 Å². The smallest absolute Gasteiger partial charge is 0.119 e. The van der Waals surface area contributed by atoms with Crippen molar-refractivity contribution >= 4 is 23.2 Å². The maximum absolute atomic E-state index is 10.2. The lowest BCUT2D eigenvalue weighted by molar-refractivity contribution is 0.211. The van der Waals surface area contributed by atoms with E-state index in [1.807, 2.05) is 29.9 Å². The number of nitrogens with zero attached hydrogens (tertiary/aromatic N) is 1. The van der Waals surface area contributed by atoms with E-state index in [2.05, 4.69) is 0 Å². The molecule has 0 saturated heterocycles. The second-order valence-electron chi connectivity index (χ2n) is 3.65. The molecular weight excluding hydrogens is 245 g/mol. The van der Waals surface area contributed by atoms with Gasteiger partial charge in [0.15, 0.2) is 0 Å². The van der Waals surface area contributed by atoms with Crippen LogP contribution in [0.4, 0.5) is 0 Å². The number of aliphatic hydroxyl groups is 1. The van der Waals surface area contributed by atoms with Crippen LogP contribution in [0.25, 0.3) is 0 Å². The van der Waals surface area contributed by atoms with Crippen LogP contribution in [-0.4, -0.2) is 9.67 Å². The van der Waals surface area contributed by atoms with Gasteiger partial charge in [0, 0.05) is 23.3 Å². The minimum Gasteiger partial charge on any atom is -0.382 e. The zero-order valence-corrected chi connectivity index (χ0v) is 10.2. The summed E-state index contributed by atoms with van der Waals surface area (Å²) in [6.07, 6.45) is 1.17. The van der Waals surface area contributed by atoms with Gasteiger partial charge in [0.25, 0.3) is 0 Å². The van der Waals surface area contributed by atoms with E-state index in [-0.39, 0.29) is 0 Å². The molecule has 0 fully saturated rings. The third kappa shape index (κ3) is 2.24. The van der Waals surface area contributed by atoms with Crippen molar-refractivity contribution in [2.45, 2.75) is 6.10 Å². The summed E-state index contributed by atoms with van der Waals surface area (Å²) in [7, 11) is 1.88. The Morgan fingerprint density at radius 3 is 2.31 bits per heavy atom. The van der Waals surface area contributed by atoms with E-state index in [1.165, 1.54) is 0 Å². The molecule has 2 rings (SSSR count). The number of hydrogen-bond donors (Lipinski definition) is 1. The highest BCUT2D eigenvalue weighted by Crippen LogP contribution is 2.27. The molecule has 1 heterocycles. The van der Waals surface area contributed by atoms with Gasteiger partial charge in [-0.3, -0.25) is 0 Å². The second kappa shape index (κ2) is 4.50. The standard InChI is InChI=1S/C12H11Cl2NO/c1-15-4-2-3-11(15)12(16)8-5-9(13)7-10(14)6-8/h2-7,12,16H,1H3/t12-/m1/s1. The first kappa shape index (κ1) is 11.5. The monoisotopic (exact) mass is 255 g/mol. The van der Waals surface area contributed by atoms with Crippen LogP contribution < -0.4 is 0 Å². The molecule has 0 bridgehead atoms. The normalized spacial score (nSPS) is 12.8. The maximum atomic E-state index is 10.2. The number of aliphatic hydroxyl groups excluding tert-OH is 1. The van der Waals surface area contributed by atoms with Gasteiger partial charge in [0.05, 0.1) is 5.69 Å². The van der Waals surface area contributed by atoms with E-state index >= 15 is 0 Å². The van der Waals surface area contributed by atoms with E-state index in [0.29, 0.717) is 15.6 Å². The van der Waals surface area contributed by atoms with Gasteiger partial charge in [-0.15, -0.1) is 0 Å². The predicted molar refractivity (Wildman–Crippen MR) is 65.9 cm³/mol. The van der Waals surface area contributed by atoms with Crippen LogP contribution in [0.15, 0.2) is 36.5 Å². The summed E-state index contributed by atoms with van der Waals surface area (Å²) < 4.78 is 1.86. The molecule has 0 aliphatic rings. The molecule has 0 unspecified atom stereocenters. The summed E-state index contributed by atoms with van der Waals surface area (Å²) in [6.45, 7) is 0. The Bertz CT molecular complexity index is 487. The van der Waals surface area contributed by atoms with Gasteiger partial charge in [-0.05, 0) is 35.9 Å². The average molecular weight is 256 g/mol. The summed E-state index contributed by atoms with van der Waals surface area (Å²) in [5.41, 5.74) is 1.50. The van der Waals surface area contributed by atoms with Gasteiger partial charge in [-0.2, -0.15) is 0 Å². The number of aromatic nitrogens is 1. The summed E-state index contributed by atoms with van der Waals surface area (Å²) >= 11 is 11.8. The largest absolute Gasteiger partial charge is 0.382 e. The zero-order chi connectivity index (χ0) is 11.7. The highest BCUT2D eigenvalue weighted by atomic mass is 35.5. The molecule has 84 valence electrons. The van der Waals surface area contributed by atoms with Crippen molar-refractivity contribution in [2.75, 3.05) is 0 Å². The van der Waals surface area contributed by atoms with Crippen LogP contribution in [0.2, 0.25) is 10.0 Å². The molecule has 2 aromatic rings. The van der Waals surface area contributed by atoms with Crippen LogP contribution in [0.5, 0.6) is 0 Å². The first-order valence-electron chi connectivity index (χ1n) is 4.83. The Labute approximate surface area is 104 Å². The Hall–Kier alpha value is -0.960. The minimum atomic E-state index is -0.712. The number of halogens is 2. The van der Waals surface area contributed by atoms with E-state index in [1.54, 1.807) is 18.2 Å². The second-order valence-corrected chi connectivity index (χ2v) is 4.52. The lowest BCUT2D eigenvalue weighted by Gasteiger charge is -2.13. The summed E-state index contributed by atoms with van der Waals surface area (Å²) in [5.74, 6) is 0. The first-order chi connectivity index (χ1) is 7.58. The van der Waals surface area contributed by atoms with Crippen LogP contribution in [0.3, 0.4) is 0 Å². The number of benzene rings is 1. The third-order valence-corrected chi connectivity index (χ3v) is 2.90. The zero-order valence-electron chi connectivity index (χ0n) is 8.69. The van der Waals surface area contributed by atoms with Crippen molar-refractivity contribution in [3.63, 3.8) is 0 Å². The Kier molecular flexibility index (Phi) is 3.24. The Balaban J connectivity index is 2.41. The quantitative estimate of drug-likeness (QED) is 0.875. The van der Waals surface area contributed by atoms with Crippen molar-refractivity contribution in [3.05, 3.63) is 57.8 Å². The molecule has 1 aromatic carbocycles. The van der Waals surface area contributed by atoms with Crippen molar-refractivity contribution in [2.24, 2.45) is 7.05 Å². The van der Waals surface area contributed by atoms with Gasteiger partial charge in [0.1, 0.15) is 6.10 Å². The Morgan fingerprint density at radius 1 is 1.19 bits per heavy atom. The minimum absolute atomic E-state index is 0.524. The fourth-order valence-electron chi connectivity index (χ4n) is 1.66. The van der Waals surface area contributed by atoms with Crippen molar-refractivity contribution < 1.29 is 5.11 Å². The number of rotatable bonds is 2. The summed E-state index contributed by atoms with van der Waals surface area (Å²) in [5, 5.41) is 11.2. The lowest BCUT2D eigenvalue weighted by Crippen LogP contribution is -2.05. The number of aryl methyl sites for hydroxylation is 1. The molecule has 0 radical (unpaired) electrons. The fraction of sp³-hybridized carbons (Fsp3) is 0.167. The molecule has 1 aromatic heterocycles. The van der Waals surface area contributed by atoms with E-state index in [4.69, 9.17) is 23.2 Å². The topological polar surface area (TPSA) is 25.2 Å². The molecule has 0 amide bonds. The molecule has 0 aliphatic carbocycles. The molecule has 2 nitrogen and oxygen atoms in total. The number of hydrogen-bond acceptors (Lipinski definition) is 1. The Morgan fingerprint density at radius 2 is 1.81 bits per heavy atom. The van der Waals surface area contributed by atoms with E-state index < -0.39 is 6.10 Å². The summed E-state index contributed by atoms with van der Waals surface area (Å²) in [4.78, 5) is 0.